The van der Waals surface area contributed by atoms with E-state index >= 15 is 0 Å². The number of hydrogen-bond acceptors (Lipinski definition) is 24. The average Bonchev–Trinajstić information content (AvgIpc) is 0.814. The standard InChI is InChI=1S/C24H24N4O5.C24H26N4O3.C13H17NO4.C11H9N3O2.C6H7BO2.C5H4BrN3O2/c1-24(2,3)33-23(30)26-14-16-9-11-18(12-10-16)22(29)27-20-13-19(15-25-21(20)28(31)32)17-7-5-4-6-8-17;1-24(2,3)31-23(30)27-14-16-9-11-18(12-10-16)22(29)28-20-13-19(15-26-21(20)25)17-7-5-4-6-8-17;1-13(2,3)18-12(17)14-8-9-4-6-10(7-5-9)11(15)16;12-10-6-9(7-13-11(10)14(15)16)8-4-2-1-3-5-8;8-7(9)6-4-2-1-3-5-6;6-3-1-4(7)5(8-2-3)9(10)11/h4-13,15H,14H2,1-3H3,(H,26,30)(H,27,29);4-13,15H,14H2,1-3H3,(H2,25,26)(H,27,30)(H,28,29);4-7H,8H2,1-3H3,(H,14,17)(H,15,16);1-7H,12H2;1-5,8-9H;1-2H,7H2. The van der Waals surface area contributed by atoms with Crippen LogP contribution in [0.2, 0.25) is 0 Å². The van der Waals surface area contributed by atoms with E-state index in [1.165, 1.54) is 42.9 Å². The van der Waals surface area contributed by atoms with Crippen molar-refractivity contribution in [2.45, 2.75) is 98.8 Å². The summed E-state index contributed by atoms with van der Waals surface area (Å²) < 4.78 is 16.1. The number of halogens is 1. The number of amides is 5. The van der Waals surface area contributed by atoms with Crippen LogP contribution in [0.25, 0.3) is 33.4 Å². The Hall–Kier alpha value is -14.6. The van der Waals surface area contributed by atoms with E-state index in [-0.39, 0.29) is 52.5 Å². The van der Waals surface area contributed by atoms with Crippen molar-refractivity contribution in [3.8, 4) is 33.4 Å². The smallest absolute Gasteiger partial charge is 0.478 e. The molecule has 5 amide bonds. The highest BCUT2D eigenvalue weighted by Gasteiger charge is 2.23. The lowest BCUT2D eigenvalue weighted by Gasteiger charge is -2.19. The molecule has 612 valence electrons. The number of aromatic carboxylic acids is 1. The van der Waals surface area contributed by atoms with Crippen LogP contribution in [0.4, 0.5) is 60.4 Å². The molecule has 4 aromatic heterocycles. The van der Waals surface area contributed by atoms with Crippen molar-refractivity contribution < 1.29 is 72.9 Å². The summed E-state index contributed by atoms with van der Waals surface area (Å²) in [7, 11) is -1.34. The summed E-state index contributed by atoms with van der Waals surface area (Å²) >= 11 is 3.08. The summed E-state index contributed by atoms with van der Waals surface area (Å²) in [5.41, 5.74) is 24.6. The van der Waals surface area contributed by atoms with Crippen molar-refractivity contribution in [3.63, 3.8) is 0 Å². The summed E-state index contributed by atoms with van der Waals surface area (Å²) in [6.07, 6.45) is 4.32. The second kappa shape index (κ2) is 44.2. The molecule has 0 bridgehead atoms. The van der Waals surface area contributed by atoms with Gasteiger partial charge in [-0.05, 0) is 207 Å². The molecular weight excluding hydrogens is 1590 g/mol. The molecule has 11 aromatic rings. The summed E-state index contributed by atoms with van der Waals surface area (Å²) in [6.45, 7) is 16.9. The maximum Gasteiger partial charge on any atom is 0.488 e. The van der Waals surface area contributed by atoms with Crippen molar-refractivity contribution in [1.29, 1.82) is 0 Å². The van der Waals surface area contributed by atoms with Gasteiger partial charge in [0.1, 0.15) is 52.1 Å². The Morgan fingerprint density at radius 1 is 0.407 bits per heavy atom. The van der Waals surface area contributed by atoms with E-state index in [4.69, 9.17) is 46.6 Å². The Balaban J connectivity index is 0.000000232. The van der Waals surface area contributed by atoms with E-state index in [1.54, 1.807) is 166 Å². The molecule has 11 rings (SSSR count). The number of pyridine rings is 4. The highest BCUT2D eigenvalue weighted by Crippen LogP contribution is 2.31. The quantitative estimate of drug-likeness (QED) is 0.0164. The van der Waals surface area contributed by atoms with Gasteiger partial charge in [-0.2, -0.15) is 0 Å². The van der Waals surface area contributed by atoms with E-state index < -0.39 is 74.7 Å². The highest BCUT2D eigenvalue weighted by atomic mass is 79.9. The van der Waals surface area contributed by atoms with Gasteiger partial charge in [0.15, 0.2) is 6.20 Å². The first kappa shape index (κ1) is 92.3. The molecule has 4 heterocycles. The average molecular weight is 1670 g/mol. The van der Waals surface area contributed by atoms with Crippen molar-refractivity contribution in [2.24, 2.45) is 0 Å². The number of carboxylic acid groups (broad SMARTS) is 1. The lowest BCUT2D eigenvalue weighted by molar-refractivity contribution is -0.388. The monoisotopic (exact) mass is 1670 g/mol. The van der Waals surface area contributed by atoms with Crippen LogP contribution in [0.15, 0.2) is 248 Å². The van der Waals surface area contributed by atoms with Crippen LogP contribution in [-0.4, -0.2) is 110 Å². The number of nitrogens with two attached hydrogens (primary N) is 3. The van der Waals surface area contributed by atoms with Gasteiger partial charge < -0.3 is 103 Å². The van der Waals surface area contributed by atoms with Gasteiger partial charge in [-0.25, -0.2) is 24.2 Å². The van der Waals surface area contributed by atoms with E-state index in [0.717, 1.165) is 44.5 Å². The minimum atomic E-state index is -1.34. The maximum atomic E-state index is 12.7. The number of alkyl carbamates (subject to hydrolysis) is 3. The lowest BCUT2D eigenvalue weighted by atomic mass is 9.81. The Bertz CT molecular complexity index is 5230. The van der Waals surface area contributed by atoms with E-state index in [2.05, 4.69) is 62.4 Å². The van der Waals surface area contributed by atoms with Crippen LogP contribution in [0.5, 0.6) is 0 Å². The van der Waals surface area contributed by atoms with Gasteiger partial charge >= 0.3 is 48.8 Å². The predicted octanol–water partition coefficient (Wildman–Crippen LogP) is 14.9. The normalized spacial score (nSPS) is 10.5. The molecule has 0 atom stereocenters. The Morgan fingerprint density at radius 3 is 1.03 bits per heavy atom. The second-order valence-electron chi connectivity index (χ2n) is 28.0. The van der Waals surface area contributed by atoms with Gasteiger partial charge in [0, 0.05) is 53.6 Å². The topological polar surface area (TPSA) is 510 Å². The number of carbonyl (C=O) groups excluding carboxylic acids is 5. The van der Waals surface area contributed by atoms with Crippen LogP contribution in [0.3, 0.4) is 0 Å². The van der Waals surface area contributed by atoms with Gasteiger partial charge in [0.25, 0.3) is 11.8 Å². The molecule has 33 nitrogen and oxygen atoms in total. The van der Waals surface area contributed by atoms with Crippen molar-refractivity contribution in [3.05, 3.63) is 311 Å². The zero-order chi connectivity index (χ0) is 86.9. The SMILES string of the molecule is CC(C)(C)OC(=O)NCc1ccc(C(=O)Nc2cc(-c3ccccc3)cnc2N)cc1.CC(C)(C)OC(=O)NCc1ccc(C(=O)Nc2cc(-c3ccccc3)cnc2[N+](=O)[O-])cc1.CC(C)(C)OC(=O)NCc1ccc(C(=O)O)cc1.Nc1cc(-c2ccccc2)cnc1[N+](=O)[O-].Nc1cc(Br)cnc1[N+](=O)[O-].OB(O)c1ccccc1. The van der Waals surface area contributed by atoms with Gasteiger partial charge in [0.05, 0.1) is 15.7 Å². The minimum Gasteiger partial charge on any atom is -0.478 e. The fraction of sp³-hybridized carbons (Fsp3) is 0.181. The predicted molar refractivity (Wildman–Crippen MR) is 452 cm³/mol. The van der Waals surface area contributed by atoms with Crippen molar-refractivity contribution in [1.82, 2.24) is 35.9 Å². The number of ether oxygens (including phenoxy) is 3. The number of aromatic nitrogens is 4. The van der Waals surface area contributed by atoms with Gasteiger partial charge in [-0.1, -0.05) is 158 Å². The van der Waals surface area contributed by atoms with E-state index in [1.807, 2.05) is 97.1 Å². The number of carboxylic acids is 1. The number of nitrogens with one attached hydrogen (secondary N) is 5. The molecule has 0 radical (unpaired) electrons. The number of benzene rings is 7. The largest absolute Gasteiger partial charge is 0.488 e. The first-order valence-electron chi connectivity index (χ1n) is 35.7. The number of nitrogens with zero attached hydrogens (tertiary/aromatic N) is 7. The molecule has 0 aliphatic heterocycles. The molecule has 14 N–H and O–H groups in total. The third-order valence-corrected chi connectivity index (χ3v) is 15.6. The Kier molecular flexibility index (Phi) is 34.6. The third kappa shape index (κ3) is 32.5. The maximum absolute atomic E-state index is 12.7. The zero-order valence-electron chi connectivity index (χ0n) is 65.5. The molecule has 7 aromatic carbocycles. The van der Waals surface area contributed by atoms with Crippen LogP contribution < -0.4 is 49.2 Å². The summed E-state index contributed by atoms with van der Waals surface area (Å²) in [5.74, 6) is -2.61. The molecule has 0 aliphatic carbocycles. The zero-order valence-corrected chi connectivity index (χ0v) is 67.1. The van der Waals surface area contributed by atoms with Gasteiger partial charge in [-0.3, -0.25) is 9.59 Å². The Labute approximate surface area is 687 Å². The van der Waals surface area contributed by atoms with Gasteiger partial charge in [-0.15, -0.1) is 0 Å². The summed E-state index contributed by atoms with van der Waals surface area (Å²) in [5, 5.41) is 71.3. The van der Waals surface area contributed by atoms with Crippen LogP contribution >= 0.6 is 15.9 Å². The molecule has 35 heteroatoms. The van der Waals surface area contributed by atoms with Crippen LogP contribution in [0.1, 0.15) is 110 Å². The molecule has 0 aliphatic rings. The number of nitro groups is 3. The minimum absolute atomic E-state index is 0.00187. The summed E-state index contributed by atoms with van der Waals surface area (Å²) in [6, 6.07) is 63.1. The highest BCUT2D eigenvalue weighted by molar-refractivity contribution is 9.10. The van der Waals surface area contributed by atoms with E-state index in [9.17, 15) is 59.1 Å². The van der Waals surface area contributed by atoms with Crippen LogP contribution in [-0.2, 0) is 33.8 Å². The van der Waals surface area contributed by atoms with Crippen LogP contribution in [0, 0.1) is 30.3 Å². The fourth-order valence-electron chi connectivity index (χ4n) is 9.66. The Morgan fingerprint density at radius 2 is 0.712 bits per heavy atom. The fourth-order valence-corrected chi connectivity index (χ4v) is 10.0. The number of carbonyl (C=O) groups is 6. The molecule has 0 spiro atoms. The lowest BCUT2D eigenvalue weighted by Crippen LogP contribution is -2.32. The van der Waals surface area contributed by atoms with Gasteiger partial charge in [0.2, 0.25) is 0 Å². The van der Waals surface area contributed by atoms with Crippen molar-refractivity contribution in [2.75, 3.05) is 27.8 Å². The molecule has 0 saturated carbocycles. The van der Waals surface area contributed by atoms with E-state index in [0.29, 0.717) is 45.4 Å². The molecule has 0 unspecified atom stereocenters. The molecular formula is C83H87BBrN15O18. The third-order valence-electron chi connectivity index (χ3n) is 15.1. The first-order valence-corrected chi connectivity index (χ1v) is 36.5. The second-order valence-corrected chi connectivity index (χ2v) is 28.9. The molecule has 118 heavy (non-hydrogen) atoms. The number of nitrogen functional groups attached to an aromatic ring is 3. The molecule has 0 saturated heterocycles. The number of rotatable bonds is 18. The number of anilines is 5. The summed E-state index contributed by atoms with van der Waals surface area (Å²) in [4.78, 5) is 117. The molecule has 0 fully saturated rings. The first-order chi connectivity index (χ1) is 55.7. The number of hydrogen-bond donors (Lipinski definition) is 11. The van der Waals surface area contributed by atoms with Crippen molar-refractivity contribution >= 4 is 111 Å².